The van der Waals surface area contributed by atoms with Crippen molar-refractivity contribution in [1.82, 2.24) is 4.90 Å². The summed E-state index contributed by atoms with van der Waals surface area (Å²) in [5.41, 5.74) is 2.48. The van der Waals surface area contributed by atoms with Gasteiger partial charge in [0.1, 0.15) is 0 Å². The highest BCUT2D eigenvalue weighted by Gasteiger charge is 2.02. The number of rotatable bonds is 5. The Bertz CT molecular complexity index is 429. The summed E-state index contributed by atoms with van der Waals surface area (Å²) in [6.45, 7) is 3.50. The molecular formula is C13H16BrNO2. The monoisotopic (exact) mass is 297 g/mol. The lowest BCUT2D eigenvalue weighted by atomic mass is 10.1. The van der Waals surface area contributed by atoms with E-state index in [1.54, 1.807) is 6.08 Å². The molecule has 4 heteroatoms. The number of carboxylic acids is 1. The summed E-state index contributed by atoms with van der Waals surface area (Å²) < 4.78 is 1.06. The highest BCUT2D eigenvalue weighted by Crippen LogP contribution is 2.17. The topological polar surface area (TPSA) is 40.5 Å². The molecule has 0 fully saturated rings. The predicted molar refractivity (Wildman–Crippen MR) is 72.0 cm³/mol. The van der Waals surface area contributed by atoms with Crippen molar-refractivity contribution in [3.63, 3.8) is 0 Å². The third-order valence-corrected chi connectivity index (χ3v) is 2.92. The van der Waals surface area contributed by atoms with Crippen LogP contribution in [0.1, 0.15) is 11.1 Å². The Kier molecular flexibility index (Phi) is 5.38. The number of hydrogen-bond acceptors (Lipinski definition) is 2. The van der Waals surface area contributed by atoms with Crippen molar-refractivity contribution in [2.75, 3.05) is 13.6 Å². The molecular weight excluding hydrogens is 282 g/mol. The quantitative estimate of drug-likeness (QED) is 0.850. The van der Waals surface area contributed by atoms with Gasteiger partial charge in [0, 0.05) is 23.6 Å². The lowest BCUT2D eigenvalue weighted by Gasteiger charge is -2.16. The fourth-order valence-corrected chi connectivity index (χ4v) is 1.91. The normalized spacial score (nSPS) is 11.3. The van der Waals surface area contributed by atoms with Gasteiger partial charge in [-0.3, -0.25) is 4.90 Å². The van der Waals surface area contributed by atoms with Gasteiger partial charge in [-0.05, 0) is 37.2 Å². The average molecular weight is 298 g/mol. The van der Waals surface area contributed by atoms with Crippen LogP contribution in [0.2, 0.25) is 0 Å². The van der Waals surface area contributed by atoms with Gasteiger partial charge in [0.15, 0.2) is 0 Å². The second-order valence-corrected chi connectivity index (χ2v) is 4.92. The minimum atomic E-state index is -0.906. The van der Waals surface area contributed by atoms with Gasteiger partial charge >= 0.3 is 5.97 Å². The van der Waals surface area contributed by atoms with Crippen LogP contribution in [0.25, 0.3) is 0 Å². The van der Waals surface area contributed by atoms with E-state index < -0.39 is 5.97 Å². The number of carbonyl (C=O) groups is 1. The van der Waals surface area contributed by atoms with Crippen LogP contribution in [-0.2, 0) is 11.3 Å². The van der Waals surface area contributed by atoms with E-state index in [1.807, 2.05) is 13.1 Å². The Balaban J connectivity index is 2.58. The van der Waals surface area contributed by atoms with Crippen LogP contribution in [0, 0.1) is 6.92 Å². The summed E-state index contributed by atoms with van der Waals surface area (Å²) in [5.74, 6) is -0.906. The number of aliphatic carboxylic acids is 1. The van der Waals surface area contributed by atoms with E-state index in [0.29, 0.717) is 6.54 Å². The predicted octanol–water partition coefficient (Wildman–Crippen LogP) is 2.83. The Morgan fingerprint density at radius 3 is 2.88 bits per heavy atom. The number of aryl methyl sites for hydroxylation is 1. The van der Waals surface area contributed by atoms with E-state index in [-0.39, 0.29) is 0 Å². The maximum absolute atomic E-state index is 10.3. The zero-order chi connectivity index (χ0) is 12.8. The fraction of sp³-hybridized carbons (Fsp3) is 0.308. The molecule has 0 unspecified atom stereocenters. The van der Waals surface area contributed by atoms with E-state index in [0.717, 1.165) is 11.0 Å². The number of halogens is 1. The fourth-order valence-electron chi connectivity index (χ4n) is 1.50. The Morgan fingerprint density at radius 1 is 1.53 bits per heavy atom. The molecule has 0 atom stereocenters. The van der Waals surface area contributed by atoms with Crippen LogP contribution in [0.4, 0.5) is 0 Å². The van der Waals surface area contributed by atoms with Crippen LogP contribution >= 0.6 is 15.9 Å². The first kappa shape index (κ1) is 13.9. The van der Waals surface area contributed by atoms with Gasteiger partial charge in [-0.25, -0.2) is 4.79 Å². The smallest absolute Gasteiger partial charge is 0.328 e. The highest BCUT2D eigenvalue weighted by molar-refractivity contribution is 9.10. The molecule has 0 aliphatic heterocycles. The van der Waals surface area contributed by atoms with Gasteiger partial charge in [-0.1, -0.05) is 28.1 Å². The Morgan fingerprint density at radius 2 is 2.24 bits per heavy atom. The maximum Gasteiger partial charge on any atom is 0.328 e. The Labute approximate surface area is 110 Å². The van der Waals surface area contributed by atoms with Crippen molar-refractivity contribution in [3.8, 4) is 0 Å². The van der Waals surface area contributed by atoms with E-state index in [1.165, 1.54) is 17.2 Å². The summed E-state index contributed by atoms with van der Waals surface area (Å²) in [6.07, 6.45) is 2.82. The summed E-state index contributed by atoms with van der Waals surface area (Å²) in [5, 5.41) is 8.49. The molecule has 0 aliphatic carbocycles. The minimum Gasteiger partial charge on any atom is -0.478 e. The molecule has 1 aromatic carbocycles. The van der Waals surface area contributed by atoms with Crippen molar-refractivity contribution in [1.29, 1.82) is 0 Å². The van der Waals surface area contributed by atoms with E-state index in [9.17, 15) is 4.79 Å². The number of benzene rings is 1. The zero-order valence-electron chi connectivity index (χ0n) is 9.98. The molecule has 1 aromatic rings. The maximum atomic E-state index is 10.3. The lowest BCUT2D eigenvalue weighted by Crippen LogP contribution is -2.18. The third-order valence-electron chi connectivity index (χ3n) is 2.43. The number of carboxylic acid groups (broad SMARTS) is 1. The van der Waals surface area contributed by atoms with Crippen molar-refractivity contribution in [2.45, 2.75) is 13.5 Å². The standard InChI is InChI=1S/C13H16BrNO2/c1-10-5-6-12(14)8-11(10)9-15(2)7-3-4-13(16)17/h3-6,8H,7,9H2,1-2H3,(H,16,17)/b4-3+. The van der Waals surface area contributed by atoms with Crippen molar-refractivity contribution < 1.29 is 9.90 Å². The molecule has 0 spiro atoms. The zero-order valence-corrected chi connectivity index (χ0v) is 11.6. The second-order valence-electron chi connectivity index (χ2n) is 4.01. The molecule has 0 saturated carbocycles. The van der Waals surface area contributed by atoms with E-state index in [2.05, 4.69) is 39.9 Å². The summed E-state index contributed by atoms with van der Waals surface area (Å²) in [4.78, 5) is 12.4. The van der Waals surface area contributed by atoms with Gasteiger partial charge in [0.25, 0.3) is 0 Å². The van der Waals surface area contributed by atoms with Gasteiger partial charge in [0.2, 0.25) is 0 Å². The molecule has 17 heavy (non-hydrogen) atoms. The van der Waals surface area contributed by atoms with Crippen molar-refractivity contribution in [2.24, 2.45) is 0 Å². The molecule has 0 heterocycles. The molecule has 1 rings (SSSR count). The van der Waals surface area contributed by atoms with Crippen LogP contribution in [0.15, 0.2) is 34.8 Å². The first-order valence-electron chi connectivity index (χ1n) is 5.32. The van der Waals surface area contributed by atoms with E-state index in [4.69, 9.17) is 5.11 Å². The number of hydrogen-bond donors (Lipinski definition) is 1. The summed E-state index contributed by atoms with van der Waals surface area (Å²) in [6, 6.07) is 6.18. The largest absolute Gasteiger partial charge is 0.478 e. The first-order valence-corrected chi connectivity index (χ1v) is 6.11. The number of nitrogens with zero attached hydrogens (tertiary/aromatic N) is 1. The summed E-state index contributed by atoms with van der Waals surface area (Å²) >= 11 is 3.45. The minimum absolute atomic E-state index is 0.623. The second kappa shape index (κ2) is 6.57. The molecule has 0 aromatic heterocycles. The lowest BCUT2D eigenvalue weighted by molar-refractivity contribution is -0.131. The molecule has 3 nitrogen and oxygen atoms in total. The summed E-state index contributed by atoms with van der Waals surface area (Å²) in [7, 11) is 1.96. The van der Waals surface area contributed by atoms with Crippen LogP contribution in [0.3, 0.4) is 0 Å². The molecule has 0 saturated heterocycles. The van der Waals surface area contributed by atoms with Gasteiger partial charge in [-0.2, -0.15) is 0 Å². The SMILES string of the molecule is Cc1ccc(Br)cc1CN(C)C/C=C/C(=O)O. The molecule has 0 bridgehead atoms. The molecule has 92 valence electrons. The molecule has 0 aliphatic rings. The van der Waals surface area contributed by atoms with Crippen molar-refractivity contribution >= 4 is 21.9 Å². The van der Waals surface area contributed by atoms with Crippen LogP contribution in [-0.4, -0.2) is 29.6 Å². The Hall–Kier alpha value is -1.13. The molecule has 1 N–H and O–H groups in total. The molecule has 0 amide bonds. The van der Waals surface area contributed by atoms with Gasteiger partial charge in [-0.15, -0.1) is 0 Å². The van der Waals surface area contributed by atoms with Gasteiger partial charge in [0.05, 0.1) is 0 Å². The van der Waals surface area contributed by atoms with Crippen LogP contribution in [0.5, 0.6) is 0 Å². The van der Waals surface area contributed by atoms with Crippen LogP contribution < -0.4 is 0 Å². The van der Waals surface area contributed by atoms with Gasteiger partial charge < -0.3 is 5.11 Å². The van der Waals surface area contributed by atoms with Crippen molar-refractivity contribution in [3.05, 3.63) is 46.0 Å². The first-order chi connectivity index (χ1) is 7.99. The molecule has 0 radical (unpaired) electrons. The van der Waals surface area contributed by atoms with E-state index >= 15 is 0 Å². The number of likely N-dealkylation sites (N-methyl/N-ethyl adjacent to an activating group) is 1. The third kappa shape index (κ3) is 5.15. The average Bonchev–Trinajstić information content (AvgIpc) is 2.23. The highest BCUT2D eigenvalue weighted by atomic mass is 79.9.